The quantitative estimate of drug-likeness (QED) is 0.396. The molecular weight excluding hydrogens is 484 g/mol. The Morgan fingerprint density at radius 3 is 2.55 bits per heavy atom. The highest BCUT2D eigenvalue weighted by Crippen LogP contribution is 2.35. The summed E-state index contributed by atoms with van der Waals surface area (Å²) in [4.78, 5) is 46.3. The molecule has 4 heterocycles. The Morgan fingerprint density at radius 1 is 1.05 bits per heavy atom. The van der Waals surface area contributed by atoms with E-state index in [0.717, 1.165) is 22.3 Å². The van der Waals surface area contributed by atoms with Crippen molar-refractivity contribution < 1.29 is 19.1 Å². The number of hydrogen-bond acceptors (Lipinski definition) is 6. The number of likely N-dealkylation sites (tertiary alicyclic amines) is 1. The normalized spacial score (nSPS) is 18.6. The third-order valence-corrected chi connectivity index (χ3v) is 7.35. The van der Waals surface area contributed by atoms with Crippen LogP contribution < -0.4 is 10.1 Å². The summed E-state index contributed by atoms with van der Waals surface area (Å²) in [6, 6.07) is 13.2. The van der Waals surface area contributed by atoms with E-state index >= 15 is 0 Å². The number of ether oxygens (including phenoxy) is 1. The molecule has 0 radical (unpaired) electrons. The van der Waals surface area contributed by atoms with Crippen molar-refractivity contribution >= 4 is 28.6 Å². The van der Waals surface area contributed by atoms with Crippen molar-refractivity contribution in [3.05, 3.63) is 66.1 Å². The largest absolute Gasteiger partial charge is 0.488 e. The molecule has 10 heteroatoms. The molecule has 0 bridgehead atoms. The minimum atomic E-state index is -0.464. The van der Waals surface area contributed by atoms with E-state index in [1.54, 1.807) is 17.1 Å². The molecule has 3 amide bonds. The number of aromatic nitrogens is 4. The van der Waals surface area contributed by atoms with E-state index in [-0.39, 0.29) is 23.8 Å². The summed E-state index contributed by atoms with van der Waals surface area (Å²) in [7, 11) is 1.84. The van der Waals surface area contributed by atoms with E-state index in [0.29, 0.717) is 55.8 Å². The number of carbonyl (C=O) groups is 3. The smallest absolute Gasteiger partial charge is 0.253 e. The molecule has 4 aromatic rings. The molecule has 38 heavy (non-hydrogen) atoms. The number of nitrogens with one attached hydrogen (secondary N) is 2. The van der Waals surface area contributed by atoms with Crippen molar-refractivity contribution in [1.82, 2.24) is 30.0 Å². The number of amides is 3. The van der Waals surface area contributed by atoms with Gasteiger partial charge in [-0.25, -0.2) is 4.98 Å². The molecule has 1 unspecified atom stereocenters. The number of hydrogen-bond donors (Lipinski definition) is 2. The van der Waals surface area contributed by atoms with Crippen molar-refractivity contribution in [2.45, 2.75) is 37.7 Å². The predicted molar refractivity (Wildman–Crippen MR) is 139 cm³/mol. The zero-order valence-corrected chi connectivity index (χ0v) is 21.0. The highest BCUT2D eigenvalue weighted by Gasteiger charge is 2.32. The molecule has 2 aliphatic rings. The maximum atomic E-state index is 13.1. The Kier molecular flexibility index (Phi) is 6.15. The van der Waals surface area contributed by atoms with Gasteiger partial charge in [0, 0.05) is 68.3 Å². The Hall–Kier alpha value is -4.47. The van der Waals surface area contributed by atoms with Gasteiger partial charge in [0.2, 0.25) is 11.8 Å². The van der Waals surface area contributed by atoms with Gasteiger partial charge in [-0.1, -0.05) is 24.3 Å². The highest BCUT2D eigenvalue weighted by molar-refractivity contribution is 6.03. The minimum absolute atomic E-state index is 0.0112. The van der Waals surface area contributed by atoms with Gasteiger partial charge in [-0.05, 0) is 24.6 Å². The Bertz CT molecular complexity index is 1500. The average molecular weight is 513 g/mol. The number of fused-ring (bicyclic) bond motifs is 1. The Labute approximate surface area is 219 Å². The van der Waals surface area contributed by atoms with Crippen LogP contribution >= 0.6 is 0 Å². The fourth-order valence-electron chi connectivity index (χ4n) is 5.37. The van der Waals surface area contributed by atoms with Crippen molar-refractivity contribution in [3.8, 4) is 17.1 Å². The van der Waals surface area contributed by atoms with Gasteiger partial charge in [0.05, 0.1) is 11.6 Å². The Morgan fingerprint density at radius 2 is 1.84 bits per heavy atom. The molecule has 0 saturated carbocycles. The van der Waals surface area contributed by atoms with Crippen LogP contribution in [0.5, 0.6) is 5.75 Å². The fraction of sp³-hybridized carbons (Fsp3) is 0.321. The molecule has 6 rings (SSSR count). The third-order valence-electron chi connectivity index (χ3n) is 7.35. The number of imidazole rings is 1. The zero-order chi connectivity index (χ0) is 26.2. The van der Waals surface area contributed by atoms with E-state index in [2.05, 4.69) is 20.4 Å². The van der Waals surface area contributed by atoms with E-state index in [9.17, 15) is 14.4 Å². The summed E-state index contributed by atoms with van der Waals surface area (Å²) in [5.74, 6) is 0.474. The summed E-state index contributed by atoms with van der Waals surface area (Å²) in [6.07, 6.45) is 5.60. The van der Waals surface area contributed by atoms with Crippen LogP contribution in [0.2, 0.25) is 0 Å². The van der Waals surface area contributed by atoms with Crippen LogP contribution in [-0.2, 0) is 16.6 Å². The fourth-order valence-corrected chi connectivity index (χ4v) is 5.37. The number of H-pyrrole nitrogens is 1. The van der Waals surface area contributed by atoms with Gasteiger partial charge >= 0.3 is 0 Å². The molecule has 10 nitrogen and oxygen atoms in total. The van der Waals surface area contributed by atoms with Crippen LogP contribution in [-0.4, -0.2) is 61.6 Å². The van der Waals surface area contributed by atoms with Gasteiger partial charge in [0.1, 0.15) is 23.2 Å². The van der Waals surface area contributed by atoms with E-state index in [4.69, 9.17) is 4.74 Å². The van der Waals surface area contributed by atoms with E-state index in [1.807, 2.05) is 54.4 Å². The van der Waals surface area contributed by atoms with Crippen molar-refractivity contribution in [1.29, 1.82) is 0 Å². The van der Waals surface area contributed by atoms with Crippen molar-refractivity contribution in [3.63, 3.8) is 0 Å². The first kappa shape index (κ1) is 23.9. The molecule has 0 aliphatic carbocycles. The maximum absolute atomic E-state index is 13.1. The van der Waals surface area contributed by atoms with Gasteiger partial charge in [0.15, 0.2) is 0 Å². The van der Waals surface area contributed by atoms with Gasteiger partial charge < -0.3 is 14.6 Å². The molecule has 2 saturated heterocycles. The first-order chi connectivity index (χ1) is 18.5. The highest BCUT2D eigenvalue weighted by atomic mass is 16.5. The number of aryl methyl sites for hydroxylation is 1. The number of imide groups is 1. The molecule has 1 atom stereocenters. The van der Waals surface area contributed by atoms with Gasteiger partial charge in [-0.15, -0.1) is 0 Å². The van der Waals surface area contributed by atoms with E-state index < -0.39 is 5.92 Å². The summed E-state index contributed by atoms with van der Waals surface area (Å²) in [5.41, 5.74) is 3.07. The topological polar surface area (TPSA) is 122 Å². The molecule has 2 N–H and O–H groups in total. The van der Waals surface area contributed by atoms with Crippen molar-refractivity contribution in [2.24, 2.45) is 7.05 Å². The number of nitrogens with zero attached hydrogens (tertiary/aromatic N) is 4. The van der Waals surface area contributed by atoms with Crippen LogP contribution in [0.4, 0.5) is 0 Å². The maximum Gasteiger partial charge on any atom is 0.253 e. The number of para-hydroxylation sites is 1. The number of aromatic amines is 1. The molecule has 2 aromatic carbocycles. The second-order valence-corrected chi connectivity index (χ2v) is 9.79. The summed E-state index contributed by atoms with van der Waals surface area (Å²) in [5, 5.41) is 7.91. The Balaban J connectivity index is 1.12. The van der Waals surface area contributed by atoms with Crippen LogP contribution in [0.3, 0.4) is 0 Å². The molecule has 2 fully saturated rings. The summed E-state index contributed by atoms with van der Waals surface area (Å²) < 4.78 is 8.17. The number of benzene rings is 2. The second-order valence-electron chi connectivity index (χ2n) is 9.79. The number of rotatable bonds is 5. The lowest BCUT2D eigenvalue weighted by Crippen LogP contribution is -2.41. The molecule has 2 aliphatic heterocycles. The third kappa shape index (κ3) is 4.42. The average Bonchev–Trinajstić information content (AvgIpc) is 3.58. The standard InChI is InChI=1S/C28H28N6O4/c1-33-25-20(24(32-33)21-9-10-23(35)31-27(21)36)3-2-4-22(25)38-19-11-15-34(16-12-19)28(37)18-7-5-17(6-8-18)26-29-13-14-30-26/h2-8,13-14,19,21H,9-12,15-16H2,1H3,(H,29,30)(H,31,35,36). The lowest BCUT2D eigenvalue weighted by atomic mass is 9.93. The van der Waals surface area contributed by atoms with Crippen LogP contribution in [0, 0.1) is 0 Å². The molecule has 2 aromatic heterocycles. The lowest BCUT2D eigenvalue weighted by Gasteiger charge is -2.32. The SMILES string of the molecule is Cn1nc(C2CCC(=O)NC2=O)c2cccc(OC3CCN(C(=O)c4ccc(-c5ncc[nH]5)cc4)CC3)c21. The van der Waals surface area contributed by atoms with Gasteiger partial charge in [-0.3, -0.25) is 24.4 Å². The monoisotopic (exact) mass is 512 g/mol. The molecule has 194 valence electrons. The second kappa shape index (κ2) is 9.77. The lowest BCUT2D eigenvalue weighted by molar-refractivity contribution is -0.134. The summed E-state index contributed by atoms with van der Waals surface area (Å²) >= 11 is 0. The van der Waals surface area contributed by atoms with Crippen LogP contribution in [0.1, 0.15) is 47.7 Å². The zero-order valence-electron chi connectivity index (χ0n) is 21.0. The van der Waals surface area contributed by atoms with Gasteiger partial charge in [-0.2, -0.15) is 5.10 Å². The van der Waals surface area contributed by atoms with Crippen LogP contribution in [0.15, 0.2) is 54.9 Å². The van der Waals surface area contributed by atoms with Crippen molar-refractivity contribution in [2.75, 3.05) is 13.1 Å². The minimum Gasteiger partial charge on any atom is -0.488 e. The predicted octanol–water partition coefficient (Wildman–Crippen LogP) is 3.17. The molecule has 0 spiro atoms. The van der Waals surface area contributed by atoms with Crippen LogP contribution in [0.25, 0.3) is 22.3 Å². The first-order valence-corrected chi connectivity index (χ1v) is 12.8. The van der Waals surface area contributed by atoms with Gasteiger partial charge in [0.25, 0.3) is 5.91 Å². The number of carbonyl (C=O) groups excluding carboxylic acids is 3. The van der Waals surface area contributed by atoms with E-state index in [1.165, 1.54) is 0 Å². The molecular formula is C28H28N6O4. The number of piperidine rings is 2. The first-order valence-electron chi connectivity index (χ1n) is 12.8. The summed E-state index contributed by atoms with van der Waals surface area (Å²) in [6.45, 7) is 1.21.